The number of halogens is 1. The van der Waals surface area contributed by atoms with Crippen LogP contribution in [0.2, 0.25) is 0 Å². The van der Waals surface area contributed by atoms with Gasteiger partial charge in [0.05, 0.1) is 23.2 Å². The zero-order valence-electron chi connectivity index (χ0n) is 15.6. The first-order valence-corrected chi connectivity index (χ1v) is 10.0. The van der Waals surface area contributed by atoms with E-state index >= 15 is 0 Å². The summed E-state index contributed by atoms with van der Waals surface area (Å²) in [6, 6.07) is 4.95. The van der Waals surface area contributed by atoms with E-state index in [1.165, 1.54) is 17.4 Å². The van der Waals surface area contributed by atoms with Crippen LogP contribution in [0, 0.1) is 11.7 Å². The number of nitrogens with zero attached hydrogens (tertiary/aromatic N) is 3. The van der Waals surface area contributed by atoms with Gasteiger partial charge in [0, 0.05) is 35.6 Å². The third-order valence-electron chi connectivity index (χ3n) is 5.06. The van der Waals surface area contributed by atoms with Gasteiger partial charge in [0.2, 0.25) is 0 Å². The molecule has 1 amide bonds. The number of fused-ring (bicyclic) bond motifs is 1. The molecule has 29 heavy (non-hydrogen) atoms. The fourth-order valence-electron chi connectivity index (χ4n) is 3.46. The molecule has 0 spiro atoms. The van der Waals surface area contributed by atoms with Gasteiger partial charge in [-0.25, -0.2) is 4.39 Å². The molecule has 0 bridgehead atoms. The van der Waals surface area contributed by atoms with Crippen molar-refractivity contribution in [1.82, 2.24) is 14.9 Å². The fraction of sp³-hybridized carbons (Fsp3) is 0.300. The number of rotatable bonds is 5. The van der Waals surface area contributed by atoms with E-state index in [9.17, 15) is 14.0 Å². The zero-order chi connectivity index (χ0) is 20.5. The highest BCUT2D eigenvalue weighted by atomic mass is 32.1. The molecular weight excluding hydrogens is 395 g/mol. The van der Waals surface area contributed by atoms with Gasteiger partial charge in [-0.1, -0.05) is 0 Å². The normalized spacial score (nSPS) is 17.4. The molecule has 1 aliphatic heterocycles. The third kappa shape index (κ3) is 3.91. The van der Waals surface area contributed by atoms with Crippen LogP contribution in [-0.2, 0) is 4.79 Å². The van der Waals surface area contributed by atoms with Gasteiger partial charge >= 0.3 is 5.97 Å². The van der Waals surface area contributed by atoms with Crippen LogP contribution in [-0.4, -0.2) is 44.9 Å². The van der Waals surface area contributed by atoms with E-state index in [0.717, 1.165) is 15.9 Å². The number of aromatic nitrogens is 2. The van der Waals surface area contributed by atoms with Gasteiger partial charge in [-0.05, 0) is 37.1 Å². The summed E-state index contributed by atoms with van der Waals surface area (Å²) in [4.78, 5) is 33.8. The Kier molecular flexibility index (Phi) is 5.14. The molecule has 1 aliphatic rings. The second kappa shape index (κ2) is 7.75. The van der Waals surface area contributed by atoms with Gasteiger partial charge in [0.25, 0.3) is 5.91 Å². The number of aliphatic carboxylic acids is 1. The smallest absolute Gasteiger partial charge is 0.308 e. The van der Waals surface area contributed by atoms with Crippen molar-refractivity contribution in [3.63, 3.8) is 0 Å². The summed E-state index contributed by atoms with van der Waals surface area (Å²) in [5.74, 6) is -2.06. The van der Waals surface area contributed by atoms with Crippen LogP contribution < -0.4 is 5.32 Å². The number of nitrogens with one attached hydrogen (secondary N) is 1. The molecule has 7 nitrogen and oxygen atoms in total. The summed E-state index contributed by atoms with van der Waals surface area (Å²) in [7, 11) is 0. The van der Waals surface area contributed by atoms with E-state index in [4.69, 9.17) is 5.11 Å². The predicted octanol–water partition coefficient (Wildman–Crippen LogP) is 3.55. The Labute approximate surface area is 170 Å². The number of anilines is 1. The molecule has 2 atom stereocenters. The number of thiophene rings is 1. The highest BCUT2D eigenvalue weighted by molar-refractivity contribution is 7.22. The van der Waals surface area contributed by atoms with Crippen LogP contribution in [0.4, 0.5) is 9.39 Å². The van der Waals surface area contributed by atoms with Gasteiger partial charge in [0.15, 0.2) is 0 Å². The topological polar surface area (TPSA) is 95.4 Å². The first-order valence-electron chi connectivity index (χ1n) is 9.20. The van der Waals surface area contributed by atoms with Crippen molar-refractivity contribution in [2.45, 2.75) is 19.4 Å². The largest absolute Gasteiger partial charge is 0.481 e. The number of likely N-dealkylation sites (tertiary alicyclic amines) is 1. The summed E-state index contributed by atoms with van der Waals surface area (Å²) in [6.45, 7) is 2.51. The fourth-order valence-corrected chi connectivity index (χ4v) is 4.51. The Hall–Kier alpha value is -3.07. The number of amides is 1. The van der Waals surface area contributed by atoms with Crippen molar-refractivity contribution < 1.29 is 19.1 Å². The Bertz CT molecular complexity index is 1090. The van der Waals surface area contributed by atoms with Crippen molar-refractivity contribution in [3.8, 4) is 0 Å². The molecule has 0 aliphatic carbocycles. The van der Waals surface area contributed by atoms with Crippen LogP contribution in [0.15, 0.2) is 36.8 Å². The summed E-state index contributed by atoms with van der Waals surface area (Å²) < 4.78 is 14.3. The van der Waals surface area contributed by atoms with Crippen LogP contribution in [0.25, 0.3) is 10.1 Å². The van der Waals surface area contributed by atoms with Crippen molar-refractivity contribution in [2.75, 3.05) is 18.4 Å². The average Bonchev–Trinajstić information content (AvgIpc) is 3.34. The predicted molar refractivity (Wildman–Crippen MR) is 107 cm³/mol. The van der Waals surface area contributed by atoms with E-state index in [0.29, 0.717) is 29.6 Å². The van der Waals surface area contributed by atoms with E-state index in [1.54, 1.807) is 17.3 Å². The number of hydrogen-bond donors (Lipinski definition) is 2. The first kappa shape index (κ1) is 19.3. The number of carboxylic acids is 1. The number of carbonyl (C=O) groups is 2. The van der Waals surface area contributed by atoms with Crippen molar-refractivity contribution >= 4 is 38.3 Å². The van der Waals surface area contributed by atoms with Crippen LogP contribution in [0.5, 0.6) is 0 Å². The zero-order valence-corrected chi connectivity index (χ0v) is 16.4. The van der Waals surface area contributed by atoms with Crippen molar-refractivity contribution in [3.05, 3.63) is 53.9 Å². The number of carboxylic acid groups (broad SMARTS) is 1. The Balaban J connectivity index is 1.57. The van der Waals surface area contributed by atoms with Crippen LogP contribution in [0.1, 0.15) is 35.4 Å². The Morgan fingerprint density at radius 2 is 2.21 bits per heavy atom. The SMILES string of the molecule is C[C@H](Nc1cc2c(C(=O)N3CCC(C(=O)O)C3)nccc2s1)c1cncc(F)c1. The summed E-state index contributed by atoms with van der Waals surface area (Å²) in [5, 5.41) is 14.0. The molecule has 3 aromatic heterocycles. The molecule has 0 radical (unpaired) electrons. The highest BCUT2D eigenvalue weighted by Gasteiger charge is 2.32. The number of hydrogen-bond acceptors (Lipinski definition) is 6. The molecule has 1 unspecified atom stereocenters. The standard InChI is InChI=1S/C20H19FN4O3S/c1-11(13-6-14(21)9-22-8-13)24-17-7-15-16(29-17)2-4-23-18(15)19(26)25-5-3-12(10-25)20(27)28/h2,4,6-9,11-12,24H,3,5,10H2,1H3,(H,27,28)/t11-,12?/m0/s1. The number of carbonyl (C=O) groups excluding carboxylic acids is 1. The van der Waals surface area contributed by atoms with Crippen LogP contribution >= 0.6 is 11.3 Å². The van der Waals surface area contributed by atoms with E-state index < -0.39 is 17.7 Å². The maximum atomic E-state index is 13.4. The molecule has 3 aromatic rings. The summed E-state index contributed by atoms with van der Waals surface area (Å²) in [5.41, 5.74) is 1.03. The molecule has 2 N–H and O–H groups in total. The van der Waals surface area contributed by atoms with Gasteiger partial charge < -0.3 is 15.3 Å². The minimum absolute atomic E-state index is 0.173. The molecular formula is C20H19FN4O3S. The van der Waals surface area contributed by atoms with Gasteiger partial charge in [-0.15, -0.1) is 11.3 Å². The quantitative estimate of drug-likeness (QED) is 0.663. The molecule has 9 heteroatoms. The van der Waals surface area contributed by atoms with Crippen LogP contribution in [0.3, 0.4) is 0 Å². The Morgan fingerprint density at radius 1 is 1.38 bits per heavy atom. The summed E-state index contributed by atoms with van der Waals surface area (Å²) in [6.07, 6.45) is 4.80. The Morgan fingerprint density at radius 3 is 2.93 bits per heavy atom. The lowest BCUT2D eigenvalue weighted by Gasteiger charge is -2.15. The second-order valence-corrected chi connectivity index (χ2v) is 8.14. The number of pyridine rings is 2. The minimum Gasteiger partial charge on any atom is -0.481 e. The monoisotopic (exact) mass is 414 g/mol. The molecule has 150 valence electrons. The minimum atomic E-state index is -0.880. The van der Waals surface area contributed by atoms with Gasteiger partial charge in [0.1, 0.15) is 11.5 Å². The van der Waals surface area contributed by atoms with E-state index in [1.807, 2.05) is 19.1 Å². The molecule has 1 saturated heterocycles. The average molecular weight is 414 g/mol. The van der Waals surface area contributed by atoms with Crippen molar-refractivity contribution in [2.24, 2.45) is 5.92 Å². The maximum absolute atomic E-state index is 13.4. The van der Waals surface area contributed by atoms with E-state index in [2.05, 4.69) is 15.3 Å². The lowest BCUT2D eigenvalue weighted by Crippen LogP contribution is -2.30. The lowest BCUT2D eigenvalue weighted by atomic mass is 10.1. The van der Waals surface area contributed by atoms with Gasteiger partial charge in [-0.2, -0.15) is 0 Å². The lowest BCUT2D eigenvalue weighted by molar-refractivity contribution is -0.141. The van der Waals surface area contributed by atoms with E-state index in [-0.39, 0.29) is 18.5 Å². The molecule has 4 heterocycles. The maximum Gasteiger partial charge on any atom is 0.308 e. The second-order valence-electron chi connectivity index (χ2n) is 7.06. The molecule has 0 aromatic carbocycles. The van der Waals surface area contributed by atoms with Crippen molar-refractivity contribution in [1.29, 1.82) is 0 Å². The van der Waals surface area contributed by atoms with Gasteiger partial charge in [-0.3, -0.25) is 19.6 Å². The highest BCUT2D eigenvalue weighted by Crippen LogP contribution is 2.34. The summed E-state index contributed by atoms with van der Waals surface area (Å²) >= 11 is 1.47. The third-order valence-corrected chi connectivity index (χ3v) is 6.09. The molecule has 1 fully saturated rings. The molecule has 4 rings (SSSR count). The first-order chi connectivity index (χ1) is 13.9. The molecule has 0 saturated carbocycles.